The van der Waals surface area contributed by atoms with Crippen molar-refractivity contribution < 1.29 is 28.6 Å². The number of rotatable bonds is 69. The molecule has 6 nitrogen and oxygen atoms in total. The zero-order chi connectivity index (χ0) is 57.8. The largest absolute Gasteiger partial charge is 0.462 e. The first-order chi connectivity index (χ1) is 39.5. The van der Waals surface area contributed by atoms with Crippen molar-refractivity contribution in [1.29, 1.82) is 0 Å². The standard InChI is InChI=1S/C74H142O6/c1-4-7-10-13-16-19-22-25-27-29-31-33-35-37-39-41-43-45-47-49-52-55-58-61-64-67-73(76)79-70-71(69-78-72(75)66-63-60-57-54-51-24-21-18-15-12-9-6-3)80-74(77)68-65-62-59-56-53-50-48-46-44-42-40-38-36-34-32-30-28-26-23-20-17-14-11-8-5-2/h18,21,71H,4-17,19-20,22-70H2,1-3H3/b21-18-. The molecule has 0 spiro atoms. The quantitative estimate of drug-likeness (QED) is 0.0261. The van der Waals surface area contributed by atoms with Crippen molar-refractivity contribution in [3.05, 3.63) is 12.2 Å². The summed E-state index contributed by atoms with van der Waals surface area (Å²) in [5, 5.41) is 0. The third kappa shape index (κ3) is 66.9. The predicted octanol–water partition coefficient (Wildman–Crippen LogP) is 25.2. The normalized spacial score (nSPS) is 12.0. The zero-order valence-electron chi connectivity index (χ0n) is 54.6. The molecule has 6 heteroatoms. The van der Waals surface area contributed by atoms with Gasteiger partial charge in [0.2, 0.25) is 0 Å². The van der Waals surface area contributed by atoms with Crippen molar-refractivity contribution in [3.8, 4) is 0 Å². The summed E-state index contributed by atoms with van der Waals surface area (Å²) in [6.07, 6.45) is 84.1. The molecular weight excluding hydrogens is 985 g/mol. The molecule has 0 saturated carbocycles. The summed E-state index contributed by atoms with van der Waals surface area (Å²) < 4.78 is 17.0. The zero-order valence-corrected chi connectivity index (χ0v) is 54.6. The average Bonchev–Trinajstić information content (AvgIpc) is 3.46. The summed E-state index contributed by atoms with van der Waals surface area (Å²) in [6.45, 7) is 6.71. The molecular formula is C74H142O6. The van der Waals surface area contributed by atoms with Gasteiger partial charge in [-0.05, 0) is 44.9 Å². The molecule has 1 atom stereocenters. The van der Waals surface area contributed by atoms with Gasteiger partial charge in [-0.2, -0.15) is 0 Å². The smallest absolute Gasteiger partial charge is 0.306 e. The summed E-state index contributed by atoms with van der Waals surface area (Å²) in [5.74, 6) is -0.839. The minimum atomic E-state index is -0.770. The summed E-state index contributed by atoms with van der Waals surface area (Å²) >= 11 is 0. The molecule has 0 amide bonds. The Balaban J connectivity index is 4.16. The van der Waals surface area contributed by atoms with Crippen molar-refractivity contribution in [3.63, 3.8) is 0 Å². The van der Waals surface area contributed by atoms with E-state index in [1.54, 1.807) is 0 Å². The summed E-state index contributed by atoms with van der Waals surface area (Å²) in [4.78, 5) is 38.4. The number of hydrogen-bond donors (Lipinski definition) is 0. The molecule has 0 radical (unpaired) electrons. The summed E-state index contributed by atoms with van der Waals surface area (Å²) in [7, 11) is 0. The van der Waals surface area contributed by atoms with E-state index in [9.17, 15) is 14.4 Å². The monoisotopic (exact) mass is 1130 g/mol. The number of carbonyl (C=O) groups is 3. The maximum absolute atomic E-state index is 13.0. The van der Waals surface area contributed by atoms with Gasteiger partial charge in [-0.25, -0.2) is 0 Å². The molecule has 0 N–H and O–H groups in total. The Morgan fingerprint density at radius 3 is 0.650 bits per heavy atom. The van der Waals surface area contributed by atoms with Crippen molar-refractivity contribution in [2.75, 3.05) is 13.2 Å². The van der Waals surface area contributed by atoms with E-state index >= 15 is 0 Å². The van der Waals surface area contributed by atoms with E-state index < -0.39 is 6.10 Å². The molecule has 0 aliphatic carbocycles. The van der Waals surface area contributed by atoms with Crippen LogP contribution in [0.4, 0.5) is 0 Å². The fourth-order valence-electron chi connectivity index (χ4n) is 11.5. The van der Waals surface area contributed by atoms with Gasteiger partial charge in [0.15, 0.2) is 6.10 Å². The van der Waals surface area contributed by atoms with Gasteiger partial charge in [0.1, 0.15) is 13.2 Å². The third-order valence-electron chi connectivity index (χ3n) is 17.0. The Kier molecular flexibility index (Phi) is 68.0. The van der Waals surface area contributed by atoms with Crippen LogP contribution in [0.2, 0.25) is 0 Å². The molecule has 0 heterocycles. The minimum Gasteiger partial charge on any atom is -0.462 e. The van der Waals surface area contributed by atoms with Crippen molar-refractivity contribution >= 4 is 17.9 Å². The highest BCUT2D eigenvalue weighted by Crippen LogP contribution is 2.20. The van der Waals surface area contributed by atoms with Crippen molar-refractivity contribution in [1.82, 2.24) is 0 Å². The molecule has 0 fully saturated rings. The first kappa shape index (κ1) is 78.1. The Morgan fingerprint density at radius 1 is 0.237 bits per heavy atom. The van der Waals surface area contributed by atoms with E-state index in [0.29, 0.717) is 19.3 Å². The minimum absolute atomic E-state index is 0.0657. The molecule has 0 aromatic rings. The molecule has 0 aromatic carbocycles. The van der Waals surface area contributed by atoms with Gasteiger partial charge in [0.25, 0.3) is 0 Å². The molecule has 80 heavy (non-hydrogen) atoms. The third-order valence-corrected chi connectivity index (χ3v) is 17.0. The van der Waals surface area contributed by atoms with E-state index in [4.69, 9.17) is 14.2 Å². The number of unbranched alkanes of at least 4 members (excludes halogenated alkanes) is 56. The lowest BCUT2D eigenvalue weighted by atomic mass is 10.0. The van der Waals surface area contributed by atoms with Crippen molar-refractivity contribution in [2.45, 2.75) is 431 Å². The maximum atomic E-state index is 13.0. The second kappa shape index (κ2) is 69.6. The lowest BCUT2D eigenvalue weighted by Gasteiger charge is -2.18. The van der Waals surface area contributed by atoms with Crippen LogP contribution in [-0.4, -0.2) is 37.2 Å². The van der Waals surface area contributed by atoms with Crippen LogP contribution >= 0.6 is 0 Å². The number of hydrogen-bond acceptors (Lipinski definition) is 6. The van der Waals surface area contributed by atoms with Crippen molar-refractivity contribution in [2.24, 2.45) is 0 Å². The van der Waals surface area contributed by atoms with Crippen LogP contribution < -0.4 is 0 Å². The molecule has 474 valence electrons. The topological polar surface area (TPSA) is 78.9 Å². The Bertz CT molecular complexity index is 1250. The van der Waals surface area contributed by atoms with Gasteiger partial charge in [0, 0.05) is 19.3 Å². The molecule has 0 aliphatic heterocycles. The fraction of sp³-hybridized carbons (Fsp3) is 0.932. The van der Waals surface area contributed by atoms with Gasteiger partial charge >= 0.3 is 17.9 Å². The van der Waals surface area contributed by atoms with E-state index in [1.807, 2.05) is 0 Å². The van der Waals surface area contributed by atoms with E-state index in [-0.39, 0.29) is 31.1 Å². The van der Waals surface area contributed by atoms with E-state index in [0.717, 1.165) is 64.2 Å². The Hall–Kier alpha value is -1.85. The molecule has 0 rings (SSSR count). The Labute approximate surface area is 501 Å². The van der Waals surface area contributed by atoms with Gasteiger partial charge in [-0.15, -0.1) is 0 Å². The van der Waals surface area contributed by atoms with Crippen LogP contribution in [0.1, 0.15) is 425 Å². The number of allylic oxidation sites excluding steroid dienone is 2. The number of esters is 3. The number of ether oxygens (including phenoxy) is 3. The van der Waals surface area contributed by atoms with Gasteiger partial charge in [-0.1, -0.05) is 373 Å². The first-order valence-electron chi connectivity index (χ1n) is 36.7. The van der Waals surface area contributed by atoms with Crippen LogP contribution in [0.3, 0.4) is 0 Å². The lowest BCUT2D eigenvalue weighted by molar-refractivity contribution is -0.167. The molecule has 0 aliphatic rings. The fourth-order valence-corrected chi connectivity index (χ4v) is 11.5. The highest BCUT2D eigenvalue weighted by molar-refractivity contribution is 5.71. The van der Waals surface area contributed by atoms with Crippen LogP contribution in [0.15, 0.2) is 12.2 Å². The predicted molar refractivity (Wildman–Crippen MR) is 349 cm³/mol. The highest BCUT2D eigenvalue weighted by Gasteiger charge is 2.20. The van der Waals surface area contributed by atoms with Gasteiger partial charge < -0.3 is 14.2 Å². The average molecular weight is 1130 g/mol. The maximum Gasteiger partial charge on any atom is 0.306 e. The molecule has 0 aromatic heterocycles. The highest BCUT2D eigenvalue weighted by atomic mass is 16.6. The molecule has 0 bridgehead atoms. The molecule has 0 saturated heterocycles. The van der Waals surface area contributed by atoms with Crippen LogP contribution in [0.25, 0.3) is 0 Å². The van der Waals surface area contributed by atoms with E-state index in [1.165, 1.54) is 321 Å². The second-order valence-corrected chi connectivity index (χ2v) is 25.2. The summed E-state index contributed by atoms with van der Waals surface area (Å²) in [5.41, 5.74) is 0. The van der Waals surface area contributed by atoms with E-state index in [2.05, 4.69) is 32.9 Å². The van der Waals surface area contributed by atoms with Gasteiger partial charge in [0.05, 0.1) is 0 Å². The van der Waals surface area contributed by atoms with Crippen LogP contribution in [0.5, 0.6) is 0 Å². The number of carbonyl (C=O) groups excluding carboxylic acids is 3. The lowest BCUT2D eigenvalue weighted by Crippen LogP contribution is -2.30. The summed E-state index contributed by atoms with van der Waals surface area (Å²) in [6, 6.07) is 0. The SMILES string of the molecule is CCCCC/C=C\CCCCCCCC(=O)OCC(COC(=O)CCCCCCCCCCCCCCCCCCCCCCCCCCC)OC(=O)CCCCCCCCCCCCCCCCCCCCCCCCCCC. The molecule has 1 unspecified atom stereocenters. The van der Waals surface area contributed by atoms with Crippen LogP contribution in [0, 0.1) is 0 Å². The Morgan fingerprint density at radius 2 is 0.412 bits per heavy atom. The van der Waals surface area contributed by atoms with Crippen LogP contribution in [-0.2, 0) is 28.6 Å². The first-order valence-corrected chi connectivity index (χ1v) is 36.7. The second-order valence-electron chi connectivity index (χ2n) is 25.2. The van der Waals surface area contributed by atoms with Gasteiger partial charge in [-0.3, -0.25) is 14.4 Å².